The summed E-state index contributed by atoms with van der Waals surface area (Å²) in [7, 11) is 0. The number of nitrogens with one attached hydrogen (secondary N) is 1. The van der Waals surface area contributed by atoms with Crippen LogP contribution in [0.4, 0.5) is 0 Å². The number of amides is 1. The SMILES string of the molecule is CC1=NN/C(=C(\C(N)=O)c2cccc(Cl)c2Cl)C=C1. The molecule has 0 fully saturated rings. The van der Waals surface area contributed by atoms with Gasteiger partial charge in [0.15, 0.2) is 0 Å². The van der Waals surface area contributed by atoms with Gasteiger partial charge in [0.25, 0.3) is 5.91 Å². The molecule has 0 aromatic heterocycles. The van der Waals surface area contributed by atoms with Crippen molar-refractivity contribution in [3.8, 4) is 0 Å². The highest BCUT2D eigenvalue weighted by atomic mass is 35.5. The molecular formula is C13H11Cl2N3O. The van der Waals surface area contributed by atoms with E-state index in [1.54, 1.807) is 30.4 Å². The Morgan fingerprint density at radius 2 is 2.05 bits per heavy atom. The number of primary amides is 1. The Bertz CT molecular complexity index is 633. The number of halogens is 2. The molecule has 0 bridgehead atoms. The standard InChI is InChI=1S/C13H11Cl2N3O/c1-7-5-6-10(18-17-7)11(13(16)19)8-3-2-4-9(14)12(8)15/h2-6,18H,1H3,(H2,16,19)/b11-10-. The zero-order chi connectivity index (χ0) is 14.0. The molecule has 0 atom stereocenters. The number of nitrogens with zero attached hydrogens (tertiary/aromatic N) is 1. The first-order valence-electron chi connectivity index (χ1n) is 5.47. The summed E-state index contributed by atoms with van der Waals surface area (Å²) in [6.45, 7) is 1.83. The molecule has 1 aliphatic rings. The zero-order valence-electron chi connectivity index (χ0n) is 10.1. The molecule has 4 nitrogen and oxygen atoms in total. The van der Waals surface area contributed by atoms with Crippen LogP contribution in [-0.2, 0) is 4.79 Å². The van der Waals surface area contributed by atoms with Gasteiger partial charge in [0.05, 0.1) is 27.0 Å². The maximum atomic E-state index is 11.7. The highest BCUT2D eigenvalue weighted by Gasteiger charge is 2.18. The van der Waals surface area contributed by atoms with E-state index in [4.69, 9.17) is 28.9 Å². The normalized spacial score (nSPS) is 16.7. The van der Waals surface area contributed by atoms with E-state index < -0.39 is 5.91 Å². The molecule has 1 aromatic rings. The molecule has 1 aliphatic heterocycles. The molecule has 0 spiro atoms. The molecule has 3 N–H and O–H groups in total. The molecule has 0 saturated carbocycles. The van der Waals surface area contributed by atoms with E-state index in [-0.39, 0.29) is 10.6 Å². The fourth-order valence-electron chi connectivity index (χ4n) is 1.67. The Labute approximate surface area is 120 Å². The number of hydrogen-bond donors (Lipinski definition) is 2. The fraction of sp³-hybridized carbons (Fsp3) is 0.0769. The highest BCUT2D eigenvalue weighted by molar-refractivity contribution is 6.44. The summed E-state index contributed by atoms with van der Waals surface area (Å²) >= 11 is 12.1. The molecule has 2 rings (SSSR count). The number of carbonyl (C=O) groups is 1. The number of hydrazone groups is 1. The van der Waals surface area contributed by atoms with E-state index in [0.717, 1.165) is 5.71 Å². The lowest BCUT2D eigenvalue weighted by molar-refractivity contribution is -0.112. The van der Waals surface area contributed by atoms with Gasteiger partial charge in [0, 0.05) is 5.56 Å². The summed E-state index contributed by atoms with van der Waals surface area (Å²) in [6.07, 6.45) is 3.49. The number of hydrogen-bond acceptors (Lipinski definition) is 3. The summed E-state index contributed by atoms with van der Waals surface area (Å²) in [6, 6.07) is 5.03. The summed E-state index contributed by atoms with van der Waals surface area (Å²) in [5, 5.41) is 4.67. The molecule has 1 heterocycles. The number of carbonyl (C=O) groups excluding carboxylic acids is 1. The van der Waals surface area contributed by atoms with Gasteiger partial charge in [-0.15, -0.1) is 0 Å². The topological polar surface area (TPSA) is 67.5 Å². The van der Waals surface area contributed by atoms with E-state index >= 15 is 0 Å². The molecule has 19 heavy (non-hydrogen) atoms. The van der Waals surface area contributed by atoms with E-state index in [2.05, 4.69) is 10.5 Å². The lowest BCUT2D eigenvalue weighted by Crippen LogP contribution is -2.21. The average Bonchev–Trinajstić information content (AvgIpc) is 2.37. The molecule has 0 saturated heterocycles. The van der Waals surface area contributed by atoms with Crippen LogP contribution in [0.15, 0.2) is 41.1 Å². The third-order valence-corrected chi connectivity index (χ3v) is 3.40. The predicted octanol–water partition coefficient (Wildman–Crippen LogP) is 2.73. The largest absolute Gasteiger partial charge is 0.366 e. The fourth-order valence-corrected chi connectivity index (χ4v) is 2.07. The Morgan fingerprint density at radius 1 is 1.32 bits per heavy atom. The quantitative estimate of drug-likeness (QED) is 0.824. The van der Waals surface area contributed by atoms with Crippen LogP contribution in [0.25, 0.3) is 5.57 Å². The first-order valence-corrected chi connectivity index (χ1v) is 6.23. The second kappa shape index (κ2) is 5.47. The van der Waals surface area contributed by atoms with Gasteiger partial charge in [0.2, 0.25) is 0 Å². The molecule has 0 radical (unpaired) electrons. The minimum Gasteiger partial charge on any atom is -0.366 e. The number of nitrogens with two attached hydrogens (primary N) is 1. The molecule has 0 unspecified atom stereocenters. The van der Waals surface area contributed by atoms with Gasteiger partial charge >= 0.3 is 0 Å². The molecule has 6 heteroatoms. The monoisotopic (exact) mass is 295 g/mol. The first kappa shape index (κ1) is 13.6. The predicted molar refractivity (Wildman–Crippen MR) is 78.0 cm³/mol. The van der Waals surface area contributed by atoms with Gasteiger partial charge in [-0.3, -0.25) is 10.2 Å². The molecule has 98 valence electrons. The minimum absolute atomic E-state index is 0.250. The van der Waals surface area contributed by atoms with Gasteiger partial charge in [-0.2, -0.15) is 5.10 Å². The van der Waals surface area contributed by atoms with Crippen LogP contribution < -0.4 is 11.2 Å². The Balaban J connectivity index is 2.60. The highest BCUT2D eigenvalue weighted by Crippen LogP contribution is 2.32. The first-order chi connectivity index (χ1) is 9.00. The zero-order valence-corrected chi connectivity index (χ0v) is 11.6. The van der Waals surface area contributed by atoms with Crippen LogP contribution in [-0.4, -0.2) is 11.6 Å². The van der Waals surface area contributed by atoms with E-state index in [1.807, 2.05) is 6.92 Å². The average molecular weight is 296 g/mol. The van der Waals surface area contributed by atoms with Gasteiger partial charge < -0.3 is 5.73 Å². The van der Waals surface area contributed by atoms with E-state index in [0.29, 0.717) is 16.3 Å². The molecule has 1 amide bonds. The van der Waals surface area contributed by atoms with Crippen LogP contribution in [0.1, 0.15) is 12.5 Å². The van der Waals surface area contributed by atoms with Crippen molar-refractivity contribution < 1.29 is 4.79 Å². The van der Waals surface area contributed by atoms with Gasteiger partial charge in [-0.1, -0.05) is 35.3 Å². The van der Waals surface area contributed by atoms with Crippen LogP contribution in [0.2, 0.25) is 10.0 Å². The molecule has 1 aromatic carbocycles. The summed E-state index contributed by atoms with van der Waals surface area (Å²) in [5.41, 5.74) is 10.2. The Hall–Kier alpha value is -1.78. The summed E-state index contributed by atoms with van der Waals surface area (Å²) in [5.74, 6) is -0.605. The lowest BCUT2D eigenvalue weighted by Gasteiger charge is -2.14. The van der Waals surface area contributed by atoms with E-state index in [1.165, 1.54) is 0 Å². The number of benzene rings is 1. The van der Waals surface area contributed by atoms with Crippen LogP contribution >= 0.6 is 23.2 Å². The lowest BCUT2D eigenvalue weighted by atomic mass is 10.0. The van der Waals surface area contributed by atoms with Crippen LogP contribution in [0, 0.1) is 0 Å². The van der Waals surface area contributed by atoms with Crippen molar-refractivity contribution in [1.29, 1.82) is 0 Å². The van der Waals surface area contributed by atoms with Crippen molar-refractivity contribution in [2.24, 2.45) is 10.8 Å². The van der Waals surface area contributed by atoms with Gasteiger partial charge in [-0.25, -0.2) is 0 Å². The summed E-state index contributed by atoms with van der Waals surface area (Å²) in [4.78, 5) is 11.7. The number of rotatable bonds is 2. The third-order valence-electron chi connectivity index (χ3n) is 2.58. The van der Waals surface area contributed by atoms with Gasteiger partial charge in [-0.05, 0) is 25.1 Å². The van der Waals surface area contributed by atoms with Crippen molar-refractivity contribution in [1.82, 2.24) is 5.43 Å². The van der Waals surface area contributed by atoms with Crippen molar-refractivity contribution in [3.05, 3.63) is 51.7 Å². The van der Waals surface area contributed by atoms with Crippen molar-refractivity contribution in [3.63, 3.8) is 0 Å². The number of allylic oxidation sites excluding steroid dienone is 2. The van der Waals surface area contributed by atoms with Crippen molar-refractivity contribution in [2.75, 3.05) is 0 Å². The maximum Gasteiger partial charge on any atom is 0.251 e. The van der Waals surface area contributed by atoms with Crippen molar-refractivity contribution in [2.45, 2.75) is 6.92 Å². The molecule has 0 aliphatic carbocycles. The Kier molecular flexibility index (Phi) is 3.93. The van der Waals surface area contributed by atoms with E-state index in [9.17, 15) is 4.79 Å². The van der Waals surface area contributed by atoms with Crippen molar-refractivity contribution >= 4 is 40.4 Å². The maximum absolute atomic E-state index is 11.7. The second-order valence-electron chi connectivity index (χ2n) is 3.95. The van der Waals surface area contributed by atoms with Gasteiger partial charge in [0.1, 0.15) is 0 Å². The molecular weight excluding hydrogens is 285 g/mol. The Morgan fingerprint density at radius 3 is 2.63 bits per heavy atom. The smallest absolute Gasteiger partial charge is 0.251 e. The van der Waals surface area contributed by atoms with Crippen LogP contribution in [0.3, 0.4) is 0 Å². The third kappa shape index (κ3) is 2.80. The second-order valence-corrected chi connectivity index (χ2v) is 4.74. The van der Waals surface area contributed by atoms with Crippen LogP contribution in [0.5, 0.6) is 0 Å². The summed E-state index contributed by atoms with van der Waals surface area (Å²) < 4.78 is 0. The minimum atomic E-state index is -0.605.